The lowest BCUT2D eigenvalue weighted by Gasteiger charge is -2.40. The second-order valence-electron chi connectivity index (χ2n) is 14.4. The van der Waals surface area contributed by atoms with Crippen LogP contribution in [0.1, 0.15) is 89.0 Å². The summed E-state index contributed by atoms with van der Waals surface area (Å²) in [5.74, 6) is 0. The van der Waals surface area contributed by atoms with Crippen molar-refractivity contribution in [3.8, 4) is 0 Å². The molecule has 0 N–H and O–H groups in total. The molecule has 0 aliphatic heterocycles. The second kappa shape index (κ2) is 12.9. The molecule has 1 fully saturated rings. The van der Waals surface area contributed by atoms with Crippen molar-refractivity contribution in [1.82, 2.24) is 9.80 Å². The van der Waals surface area contributed by atoms with Gasteiger partial charge in [0, 0.05) is 29.7 Å². The molecule has 2 atom stereocenters. The van der Waals surface area contributed by atoms with E-state index in [4.69, 9.17) is 13.9 Å². The number of hydrogen-bond donors (Lipinski definition) is 0. The van der Waals surface area contributed by atoms with Gasteiger partial charge in [0.2, 0.25) is 0 Å². The molecule has 2 amide bonds. The summed E-state index contributed by atoms with van der Waals surface area (Å²) in [6.45, 7) is 33.7. The highest BCUT2D eigenvalue weighted by atomic mass is 28.4. The predicted octanol–water partition coefficient (Wildman–Crippen LogP) is 8.18. The maximum Gasteiger partial charge on any atom is 0.414 e. The van der Waals surface area contributed by atoms with Crippen molar-refractivity contribution in [2.75, 3.05) is 0 Å². The monoisotopic (exact) mass is 570 g/mol. The lowest BCUT2D eigenvalue weighted by Crippen LogP contribution is -2.47. The Labute approximate surface area is 235 Å². The first-order chi connectivity index (χ1) is 17.0. The van der Waals surface area contributed by atoms with Gasteiger partial charge >= 0.3 is 12.2 Å². The van der Waals surface area contributed by atoms with Gasteiger partial charge < -0.3 is 23.7 Å². The number of carbonyl (C=O) groups excluding carboxylic acids is 2. The molecule has 0 aromatic heterocycles. The Hall–Kier alpha value is -1.33. The van der Waals surface area contributed by atoms with Crippen LogP contribution in [-0.4, -0.2) is 74.8 Å². The van der Waals surface area contributed by atoms with Crippen molar-refractivity contribution in [3.05, 3.63) is 11.0 Å². The molecule has 0 aromatic carbocycles. The maximum atomic E-state index is 13.6. The smallest absolute Gasteiger partial charge is 0.414 e. The van der Waals surface area contributed by atoms with E-state index in [-0.39, 0.29) is 47.5 Å². The highest BCUT2D eigenvalue weighted by molar-refractivity contribution is 6.82. The van der Waals surface area contributed by atoms with Gasteiger partial charge in [0.25, 0.3) is 0 Å². The van der Waals surface area contributed by atoms with Crippen LogP contribution in [0.2, 0.25) is 37.8 Å². The number of rotatable bonds is 9. The summed E-state index contributed by atoms with van der Waals surface area (Å²) in [6, 6.07) is 0.0149. The Kier molecular flexibility index (Phi) is 11.8. The molecule has 7 nitrogen and oxygen atoms in total. The lowest BCUT2D eigenvalue weighted by molar-refractivity contribution is 0.0560. The largest absolute Gasteiger partial charge is 0.441 e. The van der Waals surface area contributed by atoms with Gasteiger partial charge in [-0.25, -0.2) is 9.59 Å². The average Bonchev–Trinajstić information content (AvgIpc) is 3.03. The van der Waals surface area contributed by atoms with E-state index in [1.807, 2.05) is 55.4 Å². The maximum absolute atomic E-state index is 13.6. The standard InChI is InChI=1S/C29H58N2O5Si2/c1-19(2)30(20(3)4)27(32)34-23-17-18-24(36-38(15,16)29(9,10)11)25(23)26(37(12,13)14)35-28(33)31(21(5)6)22(7)8/h19-24H,17-18H2,1-16H3/b26-25+/t23-,24+/m1/s1. The van der Waals surface area contributed by atoms with Crippen LogP contribution in [-0.2, 0) is 13.9 Å². The molecule has 38 heavy (non-hydrogen) atoms. The molecule has 0 spiro atoms. The molecule has 1 rings (SSSR count). The van der Waals surface area contributed by atoms with E-state index in [0.717, 1.165) is 12.0 Å². The fraction of sp³-hybridized carbons (Fsp3) is 0.862. The fourth-order valence-electron chi connectivity index (χ4n) is 4.89. The van der Waals surface area contributed by atoms with Gasteiger partial charge in [-0.05, 0) is 86.4 Å². The molecule has 0 radical (unpaired) electrons. The molecule has 9 heteroatoms. The topological polar surface area (TPSA) is 68.3 Å². The van der Waals surface area contributed by atoms with Gasteiger partial charge in [0.05, 0.1) is 11.5 Å². The highest BCUT2D eigenvalue weighted by Crippen LogP contribution is 2.43. The highest BCUT2D eigenvalue weighted by Gasteiger charge is 2.47. The zero-order valence-electron chi connectivity index (χ0n) is 27.3. The summed E-state index contributed by atoms with van der Waals surface area (Å²) in [6.07, 6.45) is -0.0489. The first-order valence-corrected chi connectivity index (χ1v) is 20.8. The van der Waals surface area contributed by atoms with E-state index in [0.29, 0.717) is 11.8 Å². The third-order valence-electron chi connectivity index (χ3n) is 7.65. The Morgan fingerprint density at radius 2 is 1.13 bits per heavy atom. The van der Waals surface area contributed by atoms with Crippen molar-refractivity contribution >= 4 is 28.6 Å². The van der Waals surface area contributed by atoms with Crippen molar-refractivity contribution in [2.24, 2.45) is 0 Å². The quantitative estimate of drug-likeness (QED) is 0.206. The average molecular weight is 571 g/mol. The zero-order valence-corrected chi connectivity index (χ0v) is 29.3. The van der Waals surface area contributed by atoms with E-state index in [1.165, 1.54) is 0 Å². The summed E-state index contributed by atoms with van der Waals surface area (Å²) in [5.41, 5.74) is 0.857. The van der Waals surface area contributed by atoms with Crippen LogP contribution in [0.5, 0.6) is 0 Å². The van der Waals surface area contributed by atoms with E-state index < -0.39 is 22.5 Å². The number of ether oxygens (including phenoxy) is 2. The van der Waals surface area contributed by atoms with Crippen molar-refractivity contribution < 1.29 is 23.5 Å². The van der Waals surface area contributed by atoms with Crippen LogP contribution < -0.4 is 0 Å². The lowest BCUT2D eigenvalue weighted by atomic mass is 10.2. The Bertz CT molecular complexity index is 838. The van der Waals surface area contributed by atoms with E-state index >= 15 is 0 Å². The predicted molar refractivity (Wildman–Crippen MR) is 163 cm³/mol. The number of nitrogens with zero attached hydrogens (tertiary/aromatic N) is 2. The van der Waals surface area contributed by atoms with Gasteiger partial charge in [0.1, 0.15) is 14.2 Å². The van der Waals surface area contributed by atoms with Crippen molar-refractivity contribution in [3.63, 3.8) is 0 Å². The zero-order chi connectivity index (χ0) is 30.0. The van der Waals surface area contributed by atoms with E-state index in [9.17, 15) is 9.59 Å². The minimum absolute atomic E-state index is 0.00231. The van der Waals surface area contributed by atoms with Gasteiger partial charge in [-0.3, -0.25) is 0 Å². The molecule has 1 aliphatic rings. The summed E-state index contributed by atoms with van der Waals surface area (Å²) in [7, 11) is -4.38. The third-order valence-corrected chi connectivity index (χ3v) is 13.9. The first kappa shape index (κ1) is 34.7. The van der Waals surface area contributed by atoms with E-state index in [2.05, 4.69) is 53.5 Å². The Morgan fingerprint density at radius 3 is 1.50 bits per heavy atom. The Morgan fingerprint density at radius 1 is 0.737 bits per heavy atom. The summed E-state index contributed by atoms with van der Waals surface area (Å²) >= 11 is 0. The summed E-state index contributed by atoms with van der Waals surface area (Å²) in [5, 5.41) is 0.703. The number of hydrogen-bond acceptors (Lipinski definition) is 5. The minimum atomic E-state index is -2.22. The molecule has 1 saturated carbocycles. The van der Waals surface area contributed by atoms with Crippen LogP contribution in [0.3, 0.4) is 0 Å². The fourth-order valence-corrected chi connectivity index (χ4v) is 7.79. The molecular weight excluding hydrogens is 513 g/mol. The van der Waals surface area contributed by atoms with Gasteiger partial charge in [-0.15, -0.1) is 0 Å². The molecule has 0 aromatic rings. The molecule has 0 heterocycles. The van der Waals surface area contributed by atoms with Crippen molar-refractivity contribution in [2.45, 2.75) is 163 Å². The molecule has 0 saturated heterocycles. The van der Waals surface area contributed by atoms with Crippen LogP contribution in [0.4, 0.5) is 9.59 Å². The molecule has 1 aliphatic carbocycles. The van der Waals surface area contributed by atoms with E-state index in [1.54, 1.807) is 9.80 Å². The summed E-state index contributed by atoms with van der Waals surface area (Å²) in [4.78, 5) is 30.5. The van der Waals surface area contributed by atoms with Crippen molar-refractivity contribution in [1.29, 1.82) is 0 Å². The van der Waals surface area contributed by atoms with Gasteiger partial charge in [0.15, 0.2) is 8.32 Å². The molecule has 0 bridgehead atoms. The third kappa shape index (κ3) is 8.59. The number of amides is 2. The van der Waals surface area contributed by atoms with Crippen LogP contribution in [0.15, 0.2) is 11.0 Å². The SMILES string of the molecule is CC(C)N(C(=O)O/C(=C1\[C@@H](O[Si](C)(C)C(C)(C)C)CC[C@H]1OC(=O)N(C(C)C)C(C)C)[Si](C)(C)C)C(C)C. The molecule has 222 valence electrons. The van der Waals surface area contributed by atoms with Crippen LogP contribution in [0, 0.1) is 0 Å². The van der Waals surface area contributed by atoms with Crippen LogP contribution >= 0.6 is 0 Å². The van der Waals surface area contributed by atoms with Crippen LogP contribution in [0.25, 0.3) is 0 Å². The summed E-state index contributed by atoms with van der Waals surface area (Å²) < 4.78 is 19.5. The molecule has 0 unspecified atom stereocenters. The normalized spacial score (nSPS) is 20.4. The minimum Gasteiger partial charge on any atom is -0.441 e. The van der Waals surface area contributed by atoms with Gasteiger partial charge in [-0.1, -0.05) is 40.4 Å². The first-order valence-electron chi connectivity index (χ1n) is 14.4. The number of carbonyl (C=O) groups is 2. The molecular formula is C29H58N2O5Si2. The Balaban J connectivity index is 3.70. The second-order valence-corrected chi connectivity index (χ2v) is 24.1. The van der Waals surface area contributed by atoms with Gasteiger partial charge in [-0.2, -0.15) is 0 Å².